The summed E-state index contributed by atoms with van der Waals surface area (Å²) in [6, 6.07) is 4.26. The van der Waals surface area contributed by atoms with Gasteiger partial charge >= 0.3 is 5.97 Å². The van der Waals surface area contributed by atoms with Gasteiger partial charge < -0.3 is 19.3 Å². The molecule has 0 heterocycles. The molecule has 0 aromatic heterocycles. The third kappa shape index (κ3) is 3.96. The molecule has 5 nitrogen and oxygen atoms in total. The number of phenolic OH excluding ortho intramolecular Hbond substituents is 1. The fourth-order valence-electron chi connectivity index (χ4n) is 1.39. The summed E-state index contributed by atoms with van der Waals surface area (Å²) in [5, 5.41) is 9.46. The van der Waals surface area contributed by atoms with Crippen LogP contribution in [0.5, 0.6) is 11.5 Å². The van der Waals surface area contributed by atoms with Crippen LogP contribution in [0.2, 0.25) is 0 Å². The number of carbonyl (C=O) groups is 1. The molecule has 0 radical (unpaired) electrons. The second-order valence-electron chi connectivity index (χ2n) is 3.59. The maximum atomic E-state index is 11.3. The second kappa shape index (κ2) is 6.10. The predicted octanol–water partition coefficient (Wildman–Crippen LogP) is 1.59. The molecule has 0 bridgehead atoms. The minimum atomic E-state index is -0.523. The normalized spacial score (nSPS) is 11.9. The molecule has 94 valence electrons. The first-order valence-corrected chi connectivity index (χ1v) is 5.14. The fourth-order valence-corrected chi connectivity index (χ4v) is 1.39. The Morgan fingerprint density at radius 1 is 1.35 bits per heavy atom. The van der Waals surface area contributed by atoms with Crippen molar-refractivity contribution >= 4 is 5.97 Å². The number of hydrogen-bond acceptors (Lipinski definition) is 5. The predicted molar refractivity (Wildman–Crippen MR) is 61.4 cm³/mol. The van der Waals surface area contributed by atoms with E-state index in [9.17, 15) is 9.90 Å². The van der Waals surface area contributed by atoms with Crippen LogP contribution in [0.4, 0.5) is 0 Å². The van der Waals surface area contributed by atoms with Crippen LogP contribution in [0.1, 0.15) is 17.3 Å². The van der Waals surface area contributed by atoms with E-state index in [2.05, 4.69) is 4.74 Å². The number of aromatic hydroxyl groups is 1. The smallest absolute Gasteiger partial charge is 0.338 e. The van der Waals surface area contributed by atoms with Crippen molar-refractivity contribution in [2.24, 2.45) is 0 Å². The molecular weight excluding hydrogens is 224 g/mol. The number of rotatable bonds is 5. The maximum absolute atomic E-state index is 11.3. The molecule has 0 fully saturated rings. The van der Waals surface area contributed by atoms with Crippen LogP contribution in [-0.2, 0) is 9.47 Å². The Balaban J connectivity index is 2.85. The van der Waals surface area contributed by atoms with Gasteiger partial charge in [0.2, 0.25) is 0 Å². The van der Waals surface area contributed by atoms with Crippen LogP contribution in [0, 0.1) is 0 Å². The molecular formula is C12H16O5. The van der Waals surface area contributed by atoms with Crippen LogP contribution in [0.15, 0.2) is 18.2 Å². The van der Waals surface area contributed by atoms with Crippen molar-refractivity contribution in [3.05, 3.63) is 23.8 Å². The van der Waals surface area contributed by atoms with Crippen LogP contribution in [-0.4, -0.2) is 38.0 Å². The average molecular weight is 240 g/mol. The van der Waals surface area contributed by atoms with Crippen molar-refractivity contribution in [3.63, 3.8) is 0 Å². The Hall–Kier alpha value is -1.75. The van der Waals surface area contributed by atoms with Gasteiger partial charge in [0.05, 0.1) is 19.3 Å². The lowest BCUT2D eigenvalue weighted by Gasteiger charge is -2.14. The Kier molecular flexibility index (Phi) is 4.78. The second-order valence-corrected chi connectivity index (χ2v) is 3.59. The molecule has 5 heteroatoms. The molecule has 1 aromatic carbocycles. The van der Waals surface area contributed by atoms with Gasteiger partial charge in [-0.2, -0.15) is 0 Å². The zero-order valence-electron chi connectivity index (χ0n) is 10.1. The molecule has 0 saturated carbocycles. The number of phenols is 1. The molecule has 0 unspecified atom stereocenters. The van der Waals surface area contributed by atoms with Crippen molar-refractivity contribution in [2.45, 2.75) is 13.0 Å². The van der Waals surface area contributed by atoms with E-state index >= 15 is 0 Å². The number of esters is 1. The Labute approximate surface area is 99.9 Å². The average Bonchev–Trinajstić information content (AvgIpc) is 2.27. The number of carbonyl (C=O) groups excluding carboxylic acids is 1. The Morgan fingerprint density at radius 2 is 2.06 bits per heavy atom. The van der Waals surface area contributed by atoms with E-state index in [0.717, 1.165) is 0 Å². The van der Waals surface area contributed by atoms with E-state index in [1.807, 2.05) is 6.92 Å². The van der Waals surface area contributed by atoms with E-state index in [4.69, 9.17) is 9.47 Å². The van der Waals surface area contributed by atoms with E-state index in [1.54, 1.807) is 7.11 Å². The van der Waals surface area contributed by atoms with Gasteiger partial charge in [-0.05, 0) is 19.1 Å². The number of methoxy groups -OCH3 is 2. The highest BCUT2D eigenvalue weighted by atomic mass is 16.5. The third-order valence-corrected chi connectivity index (χ3v) is 2.05. The Morgan fingerprint density at radius 3 is 2.65 bits per heavy atom. The van der Waals surface area contributed by atoms with Crippen LogP contribution >= 0.6 is 0 Å². The number of ether oxygens (including phenoxy) is 3. The zero-order valence-corrected chi connectivity index (χ0v) is 10.1. The molecule has 0 aliphatic carbocycles. The summed E-state index contributed by atoms with van der Waals surface area (Å²) in [6.45, 7) is 2.24. The first-order chi connectivity index (χ1) is 8.06. The third-order valence-electron chi connectivity index (χ3n) is 2.05. The van der Waals surface area contributed by atoms with Gasteiger partial charge in [0.15, 0.2) is 0 Å². The summed E-state index contributed by atoms with van der Waals surface area (Å²) in [5.74, 6) is -0.174. The standard InChI is InChI=1S/C12H16O5/c1-8(7-15-2)17-11-5-9(12(14)16-3)4-10(13)6-11/h4-6,8,13H,7H2,1-3H3/t8-/m1/s1. The first-order valence-electron chi connectivity index (χ1n) is 5.14. The van der Waals surface area contributed by atoms with Crippen LogP contribution in [0.3, 0.4) is 0 Å². The molecule has 0 aliphatic heterocycles. The number of hydrogen-bond donors (Lipinski definition) is 1. The lowest BCUT2D eigenvalue weighted by molar-refractivity contribution is 0.0598. The largest absolute Gasteiger partial charge is 0.508 e. The number of benzene rings is 1. The van der Waals surface area contributed by atoms with Gasteiger partial charge in [-0.25, -0.2) is 4.79 Å². The van der Waals surface area contributed by atoms with Crippen molar-refractivity contribution in [2.75, 3.05) is 20.8 Å². The first kappa shape index (κ1) is 13.3. The molecule has 1 N–H and O–H groups in total. The monoisotopic (exact) mass is 240 g/mol. The summed E-state index contributed by atoms with van der Waals surface area (Å²) in [7, 11) is 2.85. The highest BCUT2D eigenvalue weighted by Gasteiger charge is 2.11. The van der Waals surface area contributed by atoms with E-state index in [0.29, 0.717) is 12.4 Å². The summed E-state index contributed by atoms with van der Waals surface area (Å²) in [6.07, 6.45) is -0.174. The van der Waals surface area contributed by atoms with Crippen LogP contribution in [0.25, 0.3) is 0 Å². The quantitative estimate of drug-likeness (QED) is 0.792. The zero-order chi connectivity index (χ0) is 12.8. The van der Waals surface area contributed by atoms with Crippen molar-refractivity contribution < 1.29 is 24.1 Å². The molecule has 17 heavy (non-hydrogen) atoms. The summed E-state index contributed by atoms with van der Waals surface area (Å²) in [5.41, 5.74) is 0.243. The highest BCUT2D eigenvalue weighted by Crippen LogP contribution is 2.23. The van der Waals surface area contributed by atoms with E-state index in [-0.39, 0.29) is 17.4 Å². The van der Waals surface area contributed by atoms with Gasteiger partial charge in [-0.3, -0.25) is 0 Å². The Bertz CT molecular complexity index is 388. The molecule has 0 amide bonds. The fraction of sp³-hybridized carbons (Fsp3) is 0.417. The molecule has 1 aromatic rings. The molecule has 0 saturated heterocycles. The van der Waals surface area contributed by atoms with Crippen molar-refractivity contribution in [1.82, 2.24) is 0 Å². The van der Waals surface area contributed by atoms with Crippen molar-refractivity contribution in [3.8, 4) is 11.5 Å². The van der Waals surface area contributed by atoms with Gasteiger partial charge in [0.1, 0.15) is 17.6 Å². The molecule has 0 spiro atoms. The van der Waals surface area contributed by atoms with Gasteiger partial charge in [0, 0.05) is 13.2 Å². The summed E-state index contributed by atoms with van der Waals surface area (Å²) >= 11 is 0. The SMILES string of the molecule is COC[C@@H](C)Oc1cc(O)cc(C(=O)OC)c1. The van der Waals surface area contributed by atoms with Crippen molar-refractivity contribution in [1.29, 1.82) is 0 Å². The topological polar surface area (TPSA) is 65.0 Å². The minimum absolute atomic E-state index is 0.0486. The minimum Gasteiger partial charge on any atom is -0.508 e. The maximum Gasteiger partial charge on any atom is 0.338 e. The van der Waals surface area contributed by atoms with Gasteiger partial charge in [-0.1, -0.05) is 0 Å². The lowest BCUT2D eigenvalue weighted by atomic mass is 10.2. The van der Waals surface area contributed by atoms with E-state index < -0.39 is 5.97 Å². The lowest BCUT2D eigenvalue weighted by Crippen LogP contribution is -2.18. The van der Waals surface area contributed by atoms with Gasteiger partial charge in [-0.15, -0.1) is 0 Å². The molecule has 1 atom stereocenters. The van der Waals surface area contributed by atoms with Crippen LogP contribution < -0.4 is 4.74 Å². The summed E-state index contributed by atoms with van der Waals surface area (Å²) < 4.78 is 15.0. The molecule has 1 rings (SSSR count). The highest BCUT2D eigenvalue weighted by molar-refractivity contribution is 5.90. The van der Waals surface area contributed by atoms with E-state index in [1.165, 1.54) is 25.3 Å². The van der Waals surface area contributed by atoms with Gasteiger partial charge in [0.25, 0.3) is 0 Å². The summed E-state index contributed by atoms with van der Waals surface area (Å²) in [4.78, 5) is 11.3. The molecule has 0 aliphatic rings.